The largest absolute Gasteiger partial charge is 0.477 e. The highest BCUT2D eigenvalue weighted by atomic mass is 16.4. The lowest BCUT2D eigenvalue weighted by molar-refractivity contribution is 0.0690. The van der Waals surface area contributed by atoms with E-state index in [-0.39, 0.29) is 5.69 Å². The number of hydrogen-bond donors (Lipinski definition) is 1. The quantitative estimate of drug-likeness (QED) is 0.477. The number of carbonyl (C=O) groups is 1. The molecule has 0 bridgehead atoms. The van der Waals surface area contributed by atoms with E-state index in [4.69, 9.17) is 4.98 Å². The van der Waals surface area contributed by atoms with Gasteiger partial charge in [0, 0.05) is 0 Å². The van der Waals surface area contributed by atoms with Crippen LogP contribution >= 0.6 is 0 Å². The zero-order valence-corrected chi connectivity index (χ0v) is 15.5. The minimum atomic E-state index is -1.05. The molecule has 2 heterocycles. The highest BCUT2D eigenvalue weighted by molar-refractivity contribution is 5.87. The topological polar surface area (TPSA) is 68.0 Å². The van der Waals surface area contributed by atoms with Gasteiger partial charge < -0.3 is 9.67 Å². The van der Waals surface area contributed by atoms with Crippen LogP contribution in [0.2, 0.25) is 0 Å². The van der Waals surface area contributed by atoms with Gasteiger partial charge in [0.1, 0.15) is 11.4 Å². The number of fused-ring (bicyclic) bond motifs is 2. The Balaban J connectivity index is 1.72. The van der Waals surface area contributed by atoms with Gasteiger partial charge in [-0.15, -0.1) is 0 Å². The van der Waals surface area contributed by atoms with E-state index in [1.807, 2.05) is 36.4 Å². The number of aromatic nitrogens is 3. The standard InChI is InChI=1S/C24H17N3O2/c28-24(29)21-13-6-12-20(25-21)23-26-19-11-3-4-14-22(19)27(23)15-17-9-5-8-16-7-1-2-10-18(16)17/h1-14H,15H2,(H,28,29). The average molecular weight is 379 g/mol. The number of nitrogens with zero attached hydrogens (tertiary/aromatic N) is 3. The van der Waals surface area contributed by atoms with Crippen molar-refractivity contribution in [1.82, 2.24) is 14.5 Å². The molecule has 0 radical (unpaired) electrons. The molecule has 29 heavy (non-hydrogen) atoms. The van der Waals surface area contributed by atoms with Crippen molar-refractivity contribution in [3.05, 3.63) is 96.2 Å². The summed E-state index contributed by atoms with van der Waals surface area (Å²) in [7, 11) is 0. The van der Waals surface area contributed by atoms with Gasteiger partial charge in [0.15, 0.2) is 5.82 Å². The fraction of sp³-hybridized carbons (Fsp3) is 0.0417. The third kappa shape index (κ3) is 3.02. The van der Waals surface area contributed by atoms with E-state index in [1.54, 1.807) is 12.1 Å². The van der Waals surface area contributed by atoms with Gasteiger partial charge in [0.2, 0.25) is 0 Å². The molecule has 5 aromatic rings. The molecule has 0 spiro atoms. The second kappa shape index (κ2) is 6.87. The van der Waals surface area contributed by atoms with Crippen LogP contribution in [0.4, 0.5) is 0 Å². The summed E-state index contributed by atoms with van der Waals surface area (Å²) in [5.41, 5.74) is 3.55. The van der Waals surface area contributed by atoms with Crippen molar-refractivity contribution in [3.63, 3.8) is 0 Å². The highest BCUT2D eigenvalue weighted by Crippen LogP contribution is 2.27. The van der Waals surface area contributed by atoms with Crippen LogP contribution in [-0.2, 0) is 6.54 Å². The molecule has 5 rings (SSSR count). The number of carboxylic acid groups (broad SMARTS) is 1. The highest BCUT2D eigenvalue weighted by Gasteiger charge is 2.16. The summed E-state index contributed by atoms with van der Waals surface area (Å²) in [6.45, 7) is 0.607. The Morgan fingerprint density at radius 3 is 2.48 bits per heavy atom. The van der Waals surface area contributed by atoms with Crippen molar-refractivity contribution in [2.45, 2.75) is 6.54 Å². The van der Waals surface area contributed by atoms with Crippen LogP contribution in [-0.4, -0.2) is 25.6 Å². The molecule has 1 N–H and O–H groups in total. The summed E-state index contributed by atoms with van der Waals surface area (Å²) in [4.78, 5) is 20.5. The molecule has 0 atom stereocenters. The minimum Gasteiger partial charge on any atom is -0.477 e. The Hall–Kier alpha value is -3.99. The molecule has 0 aliphatic heterocycles. The third-order valence-corrected chi connectivity index (χ3v) is 5.06. The number of benzene rings is 3. The second-order valence-electron chi connectivity index (χ2n) is 6.86. The second-order valence-corrected chi connectivity index (χ2v) is 6.86. The fourth-order valence-electron chi connectivity index (χ4n) is 3.71. The molecule has 5 nitrogen and oxygen atoms in total. The number of para-hydroxylation sites is 2. The normalized spacial score (nSPS) is 11.2. The van der Waals surface area contributed by atoms with Gasteiger partial charge in [-0.2, -0.15) is 0 Å². The van der Waals surface area contributed by atoms with Crippen LogP contribution in [0.3, 0.4) is 0 Å². The van der Waals surface area contributed by atoms with Crippen LogP contribution in [0.25, 0.3) is 33.3 Å². The van der Waals surface area contributed by atoms with Gasteiger partial charge in [-0.3, -0.25) is 0 Å². The maximum Gasteiger partial charge on any atom is 0.354 e. The summed E-state index contributed by atoms with van der Waals surface area (Å²) in [5, 5.41) is 11.7. The molecule has 0 aliphatic rings. The summed E-state index contributed by atoms with van der Waals surface area (Å²) in [5.74, 6) is -0.397. The summed E-state index contributed by atoms with van der Waals surface area (Å²) in [6.07, 6.45) is 0. The van der Waals surface area contributed by atoms with Gasteiger partial charge in [0.05, 0.1) is 17.6 Å². The summed E-state index contributed by atoms with van der Waals surface area (Å²) >= 11 is 0. The Labute approximate surface area is 166 Å². The first-order valence-electron chi connectivity index (χ1n) is 9.33. The van der Waals surface area contributed by atoms with Crippen molar-refractivity contribution >= 4 is 27.8 Å². The van der Waals surface area contributed by atoms with Crippen molar-refractivity contribution in [1.29, 1.82) is 0 Å². The Bertz CT molecular complexity index is 1370. The van der Waals surface area contributed by atoms with Crippen LogP contribution in [0.1, 0.15) is 16.1 Å². The van der Waals surface area contributed by atoms with Crippen LogP contribution in [0.15, 0.2) is 84.9 Å². The molecular weight excluding hydrogens is 362 g/mol. The molecule has 0 saturated carbocycles. The van der Waals surface area contributed by atoms with E-state index in [0.29, 0.717) is 18.1 Å². The first kappa shape index (κ1) is 17.1. The molecule has 0 saturated heterocycles. The molecule has 0 aliphatic carbocycles. The Kier molecular flexibility index (Phi) is 4.06. The van der Waals surface area contributed by atoms with Crippen molar-refractivity contribution < 1.29 is 9.90 Å². The summed E-state index contributed by atoms with van der Waals surface area (Å²) in [6, 6.07) is 27.5. The van der Waals surface area contributed by atoms with E-state index in [9.17, 15) is 9.90 Å². The molecule has 0 unspecified atom stereocenters. The first-order chi connectivity index (χ1) is 14.2. The minimum absolute atomic E-state index is 0.00580. The summed E-state index contributed by atoms with van der Waals surface area (Å²) < 4.78 is 2.10. The third-order valence-electron chi connectivity index (χ3n) is 5.06. The molecular formula is C24H17N3O2. The van der Waals surface area contributed by atoms with Crippen molar-refractivity contribution in [2.24, 2.45) is 0 Å². The zero-order chi connectivity index (χ0) is 19.8. The van der Waals surface area contributed by atoms with Gasteiger partial charge >= 0.3 is 5.97 Å². The van der Waals surface area contributed by atoms with Gasteiger partial charge in [-0.25, -0.2) is 14.8 Å². The predicted octanol–water partition coefficient (Wildman–Crippen LogP) is 5.00. The Morgan fingerprint density at radius 1 is 0.828 bits per heavy atom. The molecule has 140 valence electrons. The monoisotopic (exact) mass is 379 g/mol. The number of aromatic carboxylic acids is 1. The maximum atomic E-state index is 11.4. The van der Waals surface area contributed by atoms with Crippen molar-refractivity contribution in [3.8, 4) is 11.5 Å². The van der Waals surface area contributed by atoms with Gasteiger partial charge in [0.25, 0.3) is 0 Å². The molecule has 0 amide bonds. The van der Waals surface area contributed by atoms with Crippen LogP contribution in [0, 0.1) is 0 Å². The number of carboxylic acids is 1. The number of rotatable bonds is 4. The van der Waals surface area contributed by atoms with Crippen molar-refractivity contribution in [2.75, 3.05) is 0 Å². The molecule has 0 fully saturated rings. The van der Waals surface area contributed by atoms with Crippen LogP contribution in [0.5, 0.6) is 0 Å². The lowest BCUT2D eigenvalue weighted by Crippen LogP contribution is -2.06. The lowest BCUT2D eigenvalue weighted by atomic mass is 10.0. The number of pyridine rings is 1. The average Bonchev–Trinajstić information content (AvgIpc) is 3.13. The van der Waals surface area contributed by atoms with Crippen LogP contribution < -0.4 is 0 Å². The SMILES string of the molecule is O=C(O)c1cccc(-c2nc3ccccc3n2Cc2cccc3ccccc23)n1. The maximum absolute atomic E-state index is 11.4. The lowest BCUT2D eigenvalue weighted by Gasteiger charge is -2.12. The molecule has 3 aromatic carbocycles. The van der Waals surface area contributed by atoms with E-state index in [0.717, 1.165) is 11.0 Å². The smallest absolute Gasteiger partial charge is 0.354 e. The number of hydrogen-bond acceptors (Lipinski definition) is 3. The number of imidazole rings is 1. The predicted molar refractivity (Wildman–Crippen MR) is 113 cm³/mol. The molecule has 2 aromatic heterocycles. The van der Waals surface area contributed by atoms with E-state index in [2.05, 4.69) is 39.9 Å². The zero-order valence-electron chi connectivity index (χ0n) is 15.5. The fourth-order valence-corrected chi connectivity index (χ4v) is 3.71. The van der Waals surface area contributed by atoms with E-state index in [1.165, 1.54) is 22.4 Å². The Morgan fingerprint density at radius 2 is 1.59 bits per heavy atom. The molecule has 5 heteroatoms. The van der Waals surface area contributed by atoms with Gasteiger partial charge in [-0.05, 0) is 40.6 Å². The van der Waals surface area contributed by atoms with Gasteiger partial charge in [-0.1, -0.05) is 60.7 Å². The van der Waals surface area contributed by atoms with E-state index >= 15 is 0 Å². The first-order valence-corrected chi connectivity index (χ1v) is 9.33. The van der Waals surface area contributed by atoms with E-state index < -0.39 is 5.97 Å².